The molecule has 2 aromatic heterocycles. The summed E-state index contributed by atoms with van der Waals surface area (Å²) in [4.78, 5) is 35.4. The van der Waals surface area contributed by atoms with Crippen LogP contribution in [0.15, 0.2) is 67.0 Å². The Morgan fingerprint density at radius 2 is 2.03 bits per heavy atom. The number of imidazole rings is 1. The molecule has 1 aliphatic heterocycles. The van der Waals surface area contributed by atoms with Gasteiger partial charge >= 0.3 is 0 Å². The summed E-state index contributed by atoms with van der Waals surface area (Å²) in [5, 5.41) is 11.1. The number of rotatable bonds is 7. The smallest absolute Gasteiger partial charge is 0.295 e. The van der Waals surface area contributed by atoms with Gasteiger partial charge in [-0.1, -0.05) is 6.07 Å². The molecular weight excluding hydrogens is 415 g/mol. The molecule has 0 saturated carbocycles. The van der Waals surface area contributed by atoms with E-state index >= 15 is 0 Å². The molecule has 0 bridgehead atoms. The Morgan fingerprint density at radius 1 is 1.19 bits per heavy atom. The lowest BCUT2D eigenvalue weighted by Gasteiger charge is -2.25. The summed E-state index contributed by atoms with van der Waals surface area (Å²) in [7, 11) is 1.37. The van der Waals surface area contributed by atoms with Crippen LogP contribution in [0.2, 0.25) is 0 Å². The van der Waals surface area contributed by atoms with Crippen molar-refractivity contribution >= 4 is 17.4 Å². The Hall–Kier alpha value is -4.01. The molecule has 0 unspecified atom stereocenters. The van der Waals surface area contributed by atoms with Crippen LogP contribution in [-0.4, -0.2) is 49.9 Å². The molecule has 1 aliphatic rings. The molecular formula is C23H21FN4O4. The molecule has 3 aromatic rings. The van der Waals surface area contributed by atoms with Crippen LogP contribution in [0.4, 0.5) is 4.39 Å². The van der Waals surface area contributed by atoms with E-state index in [-0.39, 0.29) is 23.4 Å². The molecule has 1 N–H and O–H groups in total. The highest BCUT2D eigenvalue weighted by Crippen LogP contribution is 2.40. The number of nitrogens with zero attached hydrogens (tertiary/aromatic N) is 4. The van der Waals surface area contributed by atoms with Crippen molar-refractivity contribution in [2.24, 2.45) is 0 Å². The fourth-order valence-electron chi connectivity index (χ4n) is 3.85. The van der Waals surface area contributed by atoms with Crippen LogP contribution in [0.1, 0.15) is 23.6 Å². The SMILES string of the molecule is COc1ccc(F)cc1C(O)=C1C(=O)C(=O)N(CCCn2ccnc2)[C@H]1c1cccnc1. The molecule has 0 radical (unpaired) electrons. The zero-order chi connectivity index (χ0) is 22.7. The van der Waals surface area contributed by atoms with Crippen LogP contribution in [0, 0.1) is 5.82 Å². The average Bonchev–Trinajstić information content (AvgIpc) is 3.41. The number of hydrogen-bond donors (Lipinski definition) is 1. The van der Waals surface area contributed by atoms with Crippen LogP contribution in [0.25, 0.3) is 5.76 Å². The van der Waals surface area contributed by atoms with E-state index in [0.29, 0.717) is 18.5 Å². The fourth-order valence-corrected chi connectivity index (χ4v) is 3.85. The van der Waals surface area contributed by atoms with E-state index in [1.807, 2.05) is 10.8 Å². The topological polar surface area (TPSA) is 97.6 Å². The first-order valence-electron chi connectivity index (χ1n) is 9.99. The summed E-state index contributed by atoms with van der Waals surface area (Å²) in [5.41, 5.74) is 0.429. The lowest BCUT2D eigenvalue weighted by atomic mass is 9.96. The number of methoxy groups -OCH3 is 1. The number of halogens is 1. The number of pyridine rings is 1. The number of likely N-dealkylation sites (tertiary alicyclic amines) is 1. The highest BCUT2D eigenvalue weighted by molar-refractivity contribution is 6.46. The number of aliphatic hydroxyl groups is 1. The number of carbonyl (C=O) groups excluding carboxylic acids is 2. The second-order valence-corrected chi connectivity index (χ2v) is 7.28. The third kappa shape index (κ3) is 3.96. The van der Waals surface area contributed by atoms with Gasteiger partial charge in [0.1, 0.15) is 17.3 Å². The summed E-state index contributed by atoms with van der Waals surface area (Å²) in [6.45, 7) is 0.861. The van der Waals surface area contributed by atoms with E-state index in [0.717, 1.165) is 6.07 Å². The minimum absolute atomic E-state index is 0.00203. The molecule has 9 heteroatoms. The molecule has 0 spiro atoms. The van der Waals surface area contributed by atoms with Crippen molar-refractivity contribution < 1.29 is 23.8 Å². The van der Waals surface area contributed by atoms with Gasteiger partial charge in [-0.3, -0.25) is 14.6 Å². The second-order valence-electron chi connectivity index (χ2n) is 7.28. The maximum Gasteiger partial charge on any atom is 0.295 e. The lowest BCUT2D eigenvalue weighted by molar-refractivity contribution is -0.139. The Labute approximate surface area is 183 Å². The third-order valence-corrected chi connectivity index (χ3v) is 5.33. The van der Waals surface area contributed by atoms with Gasteiger partial charge in [0.25, 0.3) is 11.7 Å². The molecule has 3 heterocycles. The van der Waals surface area contributed by atoms with Crippen molar-refractivity contribution in [3.63, 3.8) is 0 Å². The minimum atomic E-state index is -0.862. The van der Waals surface area contributed by atoms with Crippen molar-refractivity contribution in [3.8, 4) is 5.75 Å². The van der Waals surface area contributed by atoms with E-state index in [2.05, 4.69) is 9.97 Å². The van der Waals surface area contributed by atoms with Gasteiger partial charge < -0.3 is 19.3 Å². The van der Waals surface area contributed by atoms with E-state index in [1.165, 1.54) is 30.3 Å². The van der Waals surface area contributed by atoms with Gasteiger partial charge in [0, 0.05) is 37.9 Å². The summed E-state index contributed by atoms with van der Waals surface area (Å²) < 4.78 is 21.0. The fraction of sp³-hybridized carbons (Fsp3) is 0.217. The molecule has 32 heavy (non-hydrogen) atoms. The predicted octanol–water partition coefficient (Wildman–Crippen LogP) is 2.94. The molecule has 8 nitrogen and oxygen atoms in total. The first kappa shape index (κ1) is 21.2. The maximum absolute atomic E-state index is 13.9. The first-order valence-corrected chi connectivity index (χ1v) is 9.99. The third-order valence-electron chi connectivity index (χ3n) is 5.33. The number of carbonyl (C=O) groups is 2. The first-order chi connectivity index (χ1) is 15.5. The quantitative estimate of drug-likeness (QED) is 0.348. The van der Waals surface area contributed by atoms with Crippen molar-refractivity contribution in [2.45, 2.75) is 19.0 Å². The van der Waals surface area contributed by atoms with Gasteiger partial charge in [0.15, 0.2) is 0 Å². The molecule has 4 rings (SSSR count). The van der Waals surface area contributed by atoms with Gasteiger partial charge in [0.2, 0.25) is 0 Å². The van der Waals surface area contributed by atoms with Crippen molar-refractivity contribution in [1.82, 2.24) is 19.4 Å². The van der Waals surface area contributed by atoms with Crippen molar-refractivity contribution in [1.29, 1.82) is 0 Å². The number of benzene rings is 1. The normalized spacial score (nSPS) is 17.7. The highest BCUT2D eigenvalue weighted by Gasteiger charge is 2.46. The summed E-state index contributed by atoms with van der Waals surface area (Å²) in [6.07, 6.45) is 8.81. The number of aryl methyl sites for hydroxylation is 1. The van der Waals surface area contributed by atoms with E-state index < -0.39 is 29.3 Å². The second kappa shape index (κ2) is 9.01. The van der Waals surface area contributed by atoms with Gasteiger partial charge in [-0.15, -0.1) is 0 Å². The Kier molecular flexibility index (Phi) is 5.98. The molecule has 1 saturated heterocycles. The summed E-state index contributed by atoms with van der Waals surface area (Å²) in [5.74, 6) is -2.50. The van der Waals surface area contributed by atoms with E-state index in [4.69, 9.17) is 4.74 Å². The number of Topliss-reactive ketones (excluding diaryl/α,β-unsaturated/α-hetero) is 1. The van der Waals surface area contributed by atoms with Crippen LogP contribution < -0.4 is 4.74 Å². The van der Waals surface area contributed by atoms with Crippen LogP contribution >= 0.6 is 0 Å². The van der Waals surface area contributed by atoms with Crippen molar-refractivity contribution in [3.05, 3.63) is 84.0 Å². The molecule has 1 fully saturated rings. The standard InChI is InChI=1S/C23H21FN4O4/c1-32-18-6-5-16(24)12-17(18)21(29)19-20(15-4-2-7-25-13-15)28(23(31)22(19)30)10-3-9-27-11-8-26-14-27/h2,4-8,11-14,20,29H,3,9-10H2,1H3/t20-/m0/s1. The Balaban J connectivity index is 1.76. The number of ether oxygens (including phenoxy) is 1. The summed E-state index contributed by atoms with van der Waals surface area (Å²) in [6, 6.07) is 6.15. The van der Waals surface area contributed by atoms with Gasteiger partial charge in [-0.2, -0.15) is 0 Å². The minimum Gasteiger partial charge on any atom is -0.507 e. The van der Waals surface area contributed by atoms with Gasteiger partial charge in [-0.05, 0) is 36.2 Å². The van der Waals surface area contributed by atoms with E-state index in [1.54, 1.807) is 30.9 Å². The highest BCUT2D eigenvalue weighted by atomic mass is 19.1. The number of ketones is 1. The summed E-state index contributed by atoms with van der Waals surface area (Å²) >= 11 is 0. The number of aliphatic hydroxyl groups excluding tert-OH is 1. The van der Waals surface area contributed by atoms with Crippen molar-refractivity contribution in [2.75, 3.05) is 13.7 Å². The van der Waals surface area contributed by atoms with Gasteiger partial charge in [-0.25, -0.2) is 9.37 Å². The zero-order valence-electron chi connectivity index (χ0n) is 17.3. The molecule has 1 amide bonds. The average molecular weight is 436 g/mol. The molecule has 1 atom stereocenters. The van der Waals surface area contributed by atoms with Gasteiger partial charge in [0.05, 0.1) is 30.6 Å². The molecule has 1 aromatic carbocycles. The van der Waals surface area contributed by atoms with E-state index in [9.17, 15) is 19.1 Å². The largest absolute Gasteiger partial charge is 0.507 e. The van der Waals surface area contributed by atoms with Crippen LogP contribution in [0.3, 0.4) is 0 Å². The monoisotopic (exact) mass is 436 g/mol. The Bertz CT molecular complexity index is 1160. The van der Waals surface area contributed by atoms with Crippen LogP contribution in [-0.2, 0) is 16.1 Å². The number of aromatic nitrogens is 3. The molecule has 0 aliphatic carbocycles. The number of amides is 1. The number of hydrogen-bond acceptors (Lipinski definition) is 6. The van der Waals surface area contributed by atoms with Crippen LogP contribution in [0.5, 0.6) is 5.75 Å². The zero-order valence-corrected chi connectivity index (χ0v) is 17.3. The molecule has 164 valence electrons. The lowest BCUT2D eigenvalue weighted by Crippen LogP contribution is -2.31. The Morgan fingerprint density at radius 3 is 2.72 bits per heavy atom. The maximum atomic E-state index is 13.9. The predicted molar refractivity (Wildman–Crippen MR) is 113 cm³/mol.